The Morgan fingerprint density at radius 3 is 2.42 bits per heavy atom. The Kier molecular flexibility index (Phi) is 5.64. The van der Waals surface area contributed by atoms with E-state index in [2.05, 4.69) is 58.8 Å². The summed E-state index contributed by atoms with van der Waals surface area (Å²) in [5, 5.41) is 0. The van der Waals surface area contributed by atoms with Crippen LogP contribution in [0.2, 0.25) is 0 Å². The zero-order valence-electron chi connectivity index (χ0n) is 16.4. The fourth-order valence-electron chi connectivity index (χ4n) is 3.66. The topological polar surface area (TPSA) is 41.4 Å². The first-order valence-electron chi connectivity index (χ1n) is 9.52. The largest absolute Gasteiger partial charge is 0.378 e. The molecular weight excluding hydrogens is 324 g/mol. The molecule has 0 unspecified atom stereocenters. The summed E-state index contributed by atoms with van der Waals surface area (Å²) in [6, 6.07) is 8.68. The van der Waals surface area contributed by atoms with Crippen LogP contribution in [0, 0.1) is 0 Å². The van der Waals surface area contributed by atoms with Crippen molar-refractivity contribution in [1.82, 2.24) is 14.5 Å². The predicted octanol–water partition coefficient (Wildman–Crippen LogP) is 3.48. The molecule has 1 saturated heterocycles. The SMILES string of the molecule is CC(C)n1ccnc1C1CCN(C(=O)Cc2ccc(N(C)C)cc2)CC1. The Labute approximate surface area is 156 Å². The highest BCUT2D eigenvalue weighted by atomic mass is 16.2. The molecule has 1 amide bonds. The van der Waals surface area contributed by atoms with Gasteiger partial charge in [0.2, 0.25) is 5.91 Å². The van der Waals surface area contributed by atoms with Crippen molar-refractivity contribution < 1.29 is 4.79 Å². The number of imidazole rings is 1. The average molecular weight is 354 g/mol. The molecule has 0 aliphatic carbocycles. The molecule has 2 aromatic rings. The molecule has 2 heterocycles. The van der Waals surface area contributed by atoms with Gasteiger partial charge in [0.15, 0.2) is 0 Å². The number of piperidine rings is 1. The number of aromatic nitrogens is 2. The Morgan fingerprint density at radius 1 is 1.19 bits per heavy atom. The van der Waals surface area contributed by atoms with Crippen molar-refractivity contribution in [3.05, 3.63) is 48.0 Å². The van der Waals surface area contributed by atoms with Gasteiger partial charge in [-0.15, -0.1) is 0 Å². The van der Waals surface area contributed by atoms with Crippen molar-refractivity contribution >= 4 is 11.6 Å². The van der Waals surface area contributed by atoms with Crippen LogP contribution in [0.1, 0.15) is 50.0 Å². The maximum atomic E-state index is 12.6. The molecule has 140 valence electrons. The van der Waals surface area contributed by atoms with E-state index in [1.54, 1.807) is 0 Å². The lowest BCUT2D eigenvalue weighted by Gasteiger charge is -2.32. The predicted molar refractivity (Wildman–Crippen MR) is 106 cm³/mol. The molecule has 5 nitrogen and oxygen atoms in total. The highest BCUT2D eigenvalue weighted by Gasteiger charge is 2.26. The normalized spacial score (nSPS) is 15.5. The summed E-state index contributed by atoms with van der Waals surface area (Å²) in [7, 11) is 4.05. The highest BCUT2D eigenvalue weighted by Crippen LogP contribution is 2.28. The monoisotopic (exact) mass is 354 g/mol. The first kappa shape index (κ1) is 18.5. The Bertz CT molecular complexity index is 725. The molecule has 0 saturated carbocycles. The maximum Gasteiger partial charge on any atom is 0.226 e. The van der Waals surface area contributed by atoms with Crippen molar-refractivity contribution in [2.24, 2.45) is 0 Å². The fraction of sp³-hybridized carbons (Fsp3) is 0.524. The summed E-state index contributed by atoms with van der Waals surface area (Å²) in [4.78, 5) is 21.3. The first-order chi connectivity index (χ1) is 12.5. The summed E-state index contributed by atoms with van der Waals surface area (Å²) < 4.78 is 2.26. The van der Waals surface area contributed by atoms with Crippen molar-refractivity contribution in [2.75, 3.05) is 32.1 Å². The number of anilines is 1. The van der Waals surface area contributed by atoms with E-state index in [-0.39, 0.29) is 5.91 Å². The number of hydrogen-bond donors (Lipinski definition) is 0. The molecule has 1 aliphatic heterocycles. The van der Waals surface area contributed by atoms with Gasteiger partial charge in [-0.25, -0.2) is 4.98 Å². The molecule has 0 radical (unpaired) electrons. The third-order valence-corrected chi connectivity index (χ3v) is 5.28. The molecule has 5 heteroatoms. The van der Waals surface area contributed by atoms with E-state index in [1.807, 2.05) is 25.2 Å². The van der Waals surface area contributed by atoms with Gasteiger partial charge in [-0.2, -0.15) is 0 Å². The number of amides is 1. The van der Waals surface area contributed by atoms with E-state index < -0.39 is 0 Å². The van der Waals surface area contributed by atoms with Gasteiger partial charge in [-0.3, -0.25) is 4.79 Å². The lowest BCUT2D eigenvalue weighted by Crippen LogP contribution is -2.39. The minimum Gasteiger partial charge on any atom is -0.378 e. The van der Waals surface area contributed by atoms with E-state index in [0.717, 1.165) is 37.2 Å². The van der Waals surface area contributed by atoms with Crippen molar-refractivity contribution in [1.29, 1.82) is 0 Å². The van der Waals surface area contributed by atoms with Crippen LogP contribution in [-0.4, -0.2) is 47.5 Å². The Morgan fingerprint density at radius 2 is 1.85 bits per heavy atom. The Hall–Kier alpha value is -2.30. The molecule has 1 fully saturated rings. The van der Waals surface area contributed by atoms with Crippen LogP contribution >= 0.6 is 0 Å². The average Bonchev–Trinajstić information content (AvgIpc) is 3.12. The van der Waals surface area contributed by atoms with Crippen LogP contribution in [0.25, 0.3) is 0 Å². The number of nitrogens with zero attached hydrogens (tertiary/aromatic N) is 4. The lowest BCUT2D eigenvalue weighted by molar-refractivity contribution is -0.131. The number of likely N-dealkylation sites (tertiary alicyclic amines) is 1. The molecule has 1 aromatic carbocycles. The van der Waals surface area contributed by atoms with Crippen LogP contribution in [0.3, 0.4) is 0 Å². The molecule has 0 atom stereocenters. The third-order valence-electron chi connectivity index (χ3n) is 5.28. The van der Waals surface area contributed by atoms with Crippen LogP contribution < -0.4 is 4.90 Å². The second kappa shape index (κ2) is 7.94. The first-order valence-corrected chi connectivity index (χ1v) is 9.52. The number of rotatable bonds is 5. The zero-order chi connectivity index (χ0) is 18.7. The standard InChI is InChI=1S/C21H30N4O/c1-16(2)25-14-11-22-21(25)18-9-12-24(13-10-18)20(26)15-17-5-7-19(8-6-17)23(3)4/h5-8,11,14,16,18H,9-10,12-13,15H2,1-4H3. The van der Waals surface area contributed by atoms with Gasteiger partial charge in [-0.1, -0.05) is 12.1 Å². The molecule has 0 bridgehead atoms. The Balaban J connectivity index is 1.56. The maximum absolute atomic E-state index is 12.6. The summed E-state index contributed by atoms with van der Waals surface area (Å²) in [6.07, 6.45) is 6.43. The van der Waals surface area contributed by atoms with E-state index >= 15 is 0 Å². The van der Waals surface area contributed by atoms with Crippen molar-refractivity contribution in [2.45, 2.75) is 45.1 Å². The number of benzene rings is 1. The highest BCUT2D eigenvalue weighted by molar-refractivity contribution is 5.79. The van der Waals surface area contributed by atoms with Crippen molar-refractivity contribution in [3.8, 4) is 0 Å². The minimum absolute atomic E-state index is 0.230. The van der Waals surface area contributed by atoms with Gasteiger partial charge in [0.25, 0.3) is 0 Å². The van der Waals surface area contributed by atoms with Crippen LogP contribution in [0.4, 0.5) is 5.69 Å². The van der Waals surface area contributed by atoms with Gasteiger partial charge in [-0.05, 0) is 44.4 Å². The van der Waals surface area contributed by atoms with Gasteiger partial charge in [0, 0.05) is 57.2 Å². The molecule has 0 N–H and O–H groups in total. The fourth-order valence-corrected chi connectivity index (χ4v) is 3.66. The van der Waals surface area contributed by atoms with E-state index in [4.69, 9.17) is 0 Å². The number of carbonyl (C=O) groups is 1. The van der Waals surface area contributed by atoms with Crippen LogP contribution in [0.5, 0.6) is 0 Å². The smallest absolute Gasteiger partial charge is 0.226 e. The van der Waals surface area contributed by atoms with E-state index in [1.165, 1.54) is 5.82 Å². The van der Waals surface area contributed by atoms with Crippen LogP contribution in [-0.2, 0) is 11.2 Å². The second-order valence-corrected chi connectivity index (χ2v) is 7.68. The molecule has 0 spiro atoms. The molecule has 1 aromatic heterocycles. The summed E-state index contributed by atoms with van der Waals surface area (Å²) in [6.45, 7) is 6.02. The quantitative estimate of drug-likeness (QED) is 0.825. The summed E-state index contributed by atoms with van der Waals surface area (Å²) >= 11 is 0. The molecule has 1 aliphatic rings. The molecule has 26 heavy (non-hydrogen) atoms. The molecular formula is C21H30N4O. The van der Waals surface area contributed by atoms with Gasteiger partial charge >= 0.3 is 0 Å². The number of hydrogen-bond acceptors (Lipinski definition) is 3. The van der Waals surface area contributed by atoms with Crippen LogP contribution in [0.15, 0.2) is 36.7 Å². The molecule has 3 rings (SSSR count). The van der Waals surface area contributed by atoms with Crippen molar-refractivity contribution in [3.63, 3.8) is 0 Å². The lowest BCUT2D eigenvalue weighted by atomic mass is 9.95. The second-order valence-electron chi connectivity index (χ2n) is 7.68. The van der Waals surface area contributed by atoms with E-state index in [9.17, 15) is 4.79 Å². The van der Waals surface area contributed by atoms with Gasteiger partial charge in [0.1, 0.15) is 5.82 Å². The van der Waals surface area contributed by atoms with Gasteiger partial charge < -0.3 is 14.4 Å². The third kappa shape index (κ3) is 4.09. The van der Waals surface area contributed by atoms with E-state index in [0.29, 0.717) is 18.4 Å². The summed E-state index contributed by atoms with van der Waals surface area (Å²) in [5.74, 6) is 1.86. The summed E-state index contributed by atoms with van der Waals surface area (Å²) in [5.41, 5.74) is 2.24. The number of carbonyl (C=O) groups excluding carboxylic acids is 1. The van der Waals surface area contributed by atoms with Gasteiger partial charge in [0.05, 0.1) is 6.42 Å². The minimum atomic E-state index is 0.230. The zero-order valence-corrected chi connectivity index (χ0v) is 16.4.